The zero-order valence-electron chi connectivity index (χ0n) is 9.76. The number of nitrogens with two attached hydrogens (primary N) is 1. The Labute approximate surface area is 96.7 Å². The lowest BCUT2D eigenvalue weighted by atomic mass is 9.91. The Hall–Kier alpha value is -1.00. The van der Waals surface area contributed by atoms with Crippen molar-refractivity contribution >= 4 is 0 Å². The monoisotopic (exact) mass is 220 g/mol. The van der Waals surface area contributed by atoms with Gasteiger partial charge in [-0.3, -0.25) is 9.97 Å². The van der Waals surface area contributed by atoms with Crippen LogP contribution >= 0.6 is 0 Å². The topological polar surface area (TPSA) is 63.8 Å². The van der Waals surface area contributed by atoms with Gasteiger partial charge in [-0.25, -0.2) is 0 Å². The fourth-order valence-electron chi connectivity index (χ4n) is 2.26. The van der Waals surface area contributed by atoms with Gasteiger partial charge in [0, 0.05) is 36.7 Å². The highest BCUT2D eigenvalue weighted by Crippen LogP contribution is 2.19. The molecule has 0 radical (unpaired) electrons. The summed E-state index contributed by atoms with van der Waals surface area (Å²) in [6.45, 7) is 2.14. The Morgan fingerprint density at radius 1 is 1.31 bits per heavy atom. The van der Waals surface area contributed by atoms with Gasteiger partial charge in [0.05, 0.1) is 5.69 Å². The standard InChI is InChI=1S/C12H20N4/c1-9(12-8-14-6-7-15-12)16-11-4-2-10(13)3-5-11/h6-11,16H,2-5,13H2,1H3/t9-,10?,11?/m0/s1. The number of aromatic nitrogens is 2. The van der Waals surface area contributed by atoms with Crippen molar-refractivity contribution in [2.45, 2.75) is 50.7 Å². The molecule has 1 heterocycles. The molecule has 0 spiro atoms. The summed E-state index contributed by atoms with van der Waals surface area (Å²) in [6, 6.07) is 1.26. The van der Waals surface area contributed by atoms with Gasteiger partial charge < -0.3 is 11.1 Å². The van der Waals surface area contributed by atoms with Crippen molar-refractivity contribution in [3.63, 3.8) is 0 Å². The van der Waals surface area contributed by atoms with E-state index in [0.29, 0.717) is 12.1 Å². The predicted molar refractivity (Wildman–Crippen MR) is 63.8 cm³/mol. The molecule has 1 aliphatic rings. The normalized spacial score (nSPS) is 27.6. The number of nitrogens with one attached hydrogen (secondary N) is 1. The lowest BCUT2D eigenvalue weighted by molar-refractivity contribution is 0.320. The van der Waals surface area contributed by atoms with Crippen LogP contribution in [0.25, 0.3) is 0 Å². The van der Waals surface area contributed by atoms with Crippen molar-refractivity contribution in [3.05, 3.63) is 24.3 Å². The molecule has 0 saturated heterocycles. The summed E-state index contributed by atoms with van der Waals surface area (Å²) < 4.78 is 0. The molecule has 3 N–H and O–H groups in total. The van der Waals surface area contributed by atoms with Crippen LogP contribution in [0.5, 0.6) is 0 Å². The van der Waals surface area contributed by atoms with Crippen molar-refractivity contribution in [1.29, 1.82) is 0 Å². The predicted octanol–water partition coefficient (Wildman–Crippen LogP) is 1.40. The van der Waals surface area contributed by atoms with Gasteiger partial charge in [0.15, 0.2) is 0 Å². The van der Waals surface area contributed by atoms with Crippen molar-refractivity contribution in [1.82, 2.24) is 15.3 Å². The largest absolute Gasteiger partial charge is 0.328 e. The highest BCUT2D eigenvalue weighted by Gasteiger charge is 2.20. The van der Waals surface area contributed by atoms with E-state index in [1.54, 1.807) is 12.4 Å². The van der Waals surface area contributed by atoms with Crippen LogP contribution < -0.4 is 11.1 Å². The minimum absolute atomic E-state index is 0.271. The average molecular weight is 220 g/mol. The maximum absolute atomic E-state index is 5.89. The van der Waals surface area contributed by atoms with E-state index in [2.05, 4.69) is 22.2 Å². The molecular formula is C12H20N4. The van der Waals surface area contributed by atoms with E-state index in [4.69, 9.17) is 5.73 Å². The summed E-state index contributed by atoms with van der Waals surface area (Å²) in [5.74, 6) is 0. The SMILES string of the molecule is C[C@H](NC1CCC(N)CC1)c1cnccn1. The van der Waals surface area contributed by atoms with Crippen LogP contribution in [0.15, 0.2) is 18.6 Å². The zero-order chi connectivity index (χ0) is 11.4. The van der Waals surface area contributed by atoms with Gasteiger partial charge in [-0.05, 0) is 32.6 Å². The highest BCUT2D eigenvalue weighted by atomic mass is 15.0. The summed E-state index contributed by atoms with van der Waals surface area (Å²) in [7, 11) is 0. The second-order valence-corrected chi connectivity index (χ2v) is 4.63. The van der Waals surface area contributed by atoms with Crippen molar-refractivity contribution in [2.75, 3.05) is 0 Å². The molecule has 0 amide bonds. The molecule has 88 valence electrons. The van der Waals surface area contributed by atoms with Gasteiger partial charge in [0.2, 0.25) is 0 Å². The molecule has 1 aliphatic carbocycles. The summed E-state index contributed by atoms with van der Waals surface area (Å²) in [5.41, 5.74) is 6.90. The van der Waals surface area contributed by atoms with Gasteiger partial charge in [-0.2, -0.15) is 0 Å². The maximum atomic E-state index is 5.89. The number of hydrogen-bond donors (Lipinski definition) is 2. The highest BCUT2D eigenvalue weighted by molar-refractivity contribution is 5.01. The van der Waals surface area contributed by atoms with E-state index in [1.807, 2.05) is 6.20 Å². The van der Waals surface area contributed by atoms with E-state index < -0.39 is 0 Å². The molecule has 1 saturated carbocycles. The number of hydrogen-bond acceptors (Lipinski definition) is 4. The van der Waals surface area contributed by atoms with Gasteiger partial charge >= 0.3 is 0 Å². The maximum Gasteiger partial charge on any atom is 0.0753 e. The minimum atomic E-state index is 0.271. The minimum Gasteiger partial charge on any atom is -0.328 e. The summed E-state index contributed by atoms with van der Waals surface area (Å²) in [5, 5.41) is 3.60. The fourth-order valence-corrected chi connectivity index (χ4v) is 2.26. The third-order valence-electron chi connectivity index (χ3n) is 3.28. The molecule has 0 bridgehead atoms. The molecule has 1 aromatic heterocycles. The molecule has 0 unspecified atom stereocenters. The lowest BCUT2D eigenvalue weighted by Crippen LogP contribution is -2.38. The number of nitrogens with zero attached hydrogens (tertiary/aromatic N) is 2. The van der Waals surface area contributed by atoms with Gasteiger partial charge in [-0.15, -0.1) is 0 Å². The molecular weight excluding hydrogens is 200 g/mol. The lowest BCUT2D eigenvalue weighted by Gasteiger charge is -2.29. The van der Waals surface area contributed by atoms with Crippen LogP contribution in [-0.2, 0) is 0 Å². The quantitative estimate of drug-likeness (QED) is 0.808. The second-order valence-electron chi connectivity index (χ2n) is 4.63. The molecule has 1 atom stereocenters. The Bertz CT molecular complexity index is 306. The first-order valence-electron chi connectivity index (χ1n) is 6.03. The van der Waals surface area contributed by atoms with E-state index >= 15 is 0 Å². The van der Waals surface area contributed by atoms with Crippen LogP contribution in [0.3, 0.4) is 0 Å². The first kappa shape index (κ1) is 11.5. The van der Waals surface area contributed by atoms with E-state index in [0.717, 1.165) is 18.5 Å². The Balaban J connectivity index is 1.86. The molecule has 2 rings (SSSR count). The number of rotatable bonds is 3. The van der Waals surface area contributed by atoms with E-state index in [-0.39, 0.29) is 6.04 Å². The van der Waals surface area contributed by atoms with Crippen LogP contribution in [0.1, 0.15) is 44.3 Å². The van der Waals surface area contributed by atoms with Crippen LogP contribution in [0, 0.1) is 0 Å². The van der Waals surface area contributed by atoms with Crippen LogP contribution in [-0.4, -0.2) is 22.1 Å². The first-order valence-corrected chi connectivity index (χ1v) is 6.03. The Kier molecular flexibility index (Phi) is 3.85. The van der Waals surface area contributed by atoms with E-state index in [9.17, 15) is 0 Å². The third kappa shape index (κ3) is 3.00. The summed E-state index contributed by atoms with van der Waals surface area (Å²) in [4.78, 5) is 8.40. The molecule has 0 aliphatic heterocycles. The molecule has 1 fully saturated rings. The van der Waals surface area contributed by atoms with Crippen LogP contribution in [0.2, 0.25) is 0 Å². The molecule has 4 heteroatoms. The van der Waals surface area contributed by atoms with Crippen LogP contribution in [0.4, 0.5) is 0 Å². The molecule has 16 heavy (non-hydrogen) atoms. The average Bonchev–Trinajstić information content (AvgIpc) is 2.33. The second kappa shape index (κ2) is 5.37. The van der Waals surface area contributed by atoms with Gasteiger partial charge in [-0.1, -0.05) is 0 Å². The summed E-state index contributed by atoms with van der Waals surface area (Å²) in [6.07, 6.45) is 9.87. The molecule has 4 nitrogen and oxygen atoms in total. The summed E-state index contributed by atoms with van der Waals surface area (Å²) >= 11 is 0. The van der Waals surface area contributed by atoms with Crippen molar-refractivity contribution < 1.29 is 0 Å². The molecule has 0 aromatic carbocycles. The van der Waals surface area contributed by atoms with Gasteiger partial charge in [0.25, 0.3) is 0 Å². The van der Waals surface area contributed by atoms with Crippen molar-refractivity contribution in [2.24, 2.45) is 5.73 Å². The fraction of sp³-hybridized carbons (Fsp3) is 0.667. The zero-order valence-corrected chi connectivity index (χ0v) is 9.76. The third-order valence-corrected chi connectivity index (χ3v) is 3.28. The van der Waals surface area contributed by atoms with Gasteiger partial charge in [0.1, 0.15) is 0 Å². The first-order chi connectivity index (χ1) is 7.75. The van der Waals surface area contributed by atoms with E-state index in [1.165, 1.54) is 12.8 Å². The van der Waals surface area contributed by atoms with Crippen molar-refractivity contribution in [3.8, 4) is 0 Å². The Morgan fingerprint density at radius 2 is 2.06 bits per heavy atom. The Morgan fingerprint density at radius 3 is 2.69 bits per heavy atom. The smallest absolute Gasteiger partial charge is 0.0753 e. The molecule has 1 aromatic rings.